The lowest BCUT2D eigenvalue weighted by Gasteiger charge is -1.97. The molecule has 0 saturated carbocycles. The number of aryl methyl sites for hydroxylation is 1. The van der Waals surface area contributed by atoms with E-state index in [0.717, 1.165) is 6.42 Å². The SMILES string of the molecule is CC.CCc1ccc(Cl)c(Cl)c1.NCN. The number of halogens is 2. The van der Waals surface area contributed by atoms with Gasteiger partial charge in [-0.15, -0.1) is 0 Å². The van der Waals surface area contributed by atoms with E-state index >= 15 is 0 Å². The van der Waals surface area contributed by atoms with Crippen molar-refractivity contribution in [1.29, 1.82) is 0 Å². The van der Waals surface area contributed by atoms with Crippen LogP contribution in [0, 0.1) is 0 Å². The van der Waals surface area contributed by atoms with Gasteiger partial charge in [-0.1, -0.05) is 50.0 Å². The van der Waals surface area contributed by atoms with E-state index in [1.54, 1.807) is 0 Å². The number of rotatable bonds is 1. The van der Waals surface area contributed by atoms with Gasteiger partial charge < -0.3 is 11.5 Å². The van der Waals surface area contributed by atoms with Crippen LogP contribution < -0.4 is 11.5 Å². The topological polar surface area (TPSA) is 52.0 Å². The molecule has 0 spiro atoms. The van der Waals surface area contributed by atoms with Crippen molar-refractivity contribution in [3.8, 4) is 0 Å². The van der Waals surface area contributed by atoms with Crippen LogP contribution in [0.2, 0.25) is 10.0 Å². The Balaban J connectivity index is 0. The summed E-state index contributed by atoms with van der Waals surface area (Å²) in [6.07, 6.45) is 0.997. The molecular weight excluding hydrogens is 231 g/mol. The smallest absolute Gasteiger partial charge is 0.0595 e. The van der Waals surface area contributed by atoms with Gasteiger partial charge in [0.15, 0.2) is 0 Å². The van der Waals surface area contributed by atoms with E-state index in [9.17, 15) is 0 Å². The quantitative estimate of drug-likeness (QED) is 0.751. The lowest BCUT2D eigenvalue weighted by molar-refractivity contribution is 1.07. The van der Waals surface area contributed by atoms with E-state index in [2.05, 4.69) is 18.4 Å². The zero-order valence-corrected chi connectivity index (χ0v) is 11.1. The van der Waals surface area contributed by atoms with E-state index in [1.807, 2.05) is 32.0 Å². The van der Waals surface area contributed by atoms with Crippen molar-refractivity contribution in [3.05, 3.63) is 33.8 Å². The lowest BCUT2D eigenvalue weighted by Crippen LogP contribution is -2.08. The molecule has 0 aliphatic rings. The fourth-order valence-electron chi connectivity index (χ4n) is 0.760. The Bertz CT molecular complexity index is 252. The molecule has 0 unspecified atom stereocenters. The second-order valence-electron chi connectivity index (χ2n) is 2.34. The Hall–Kier alpha value is -0.280. The molecule has 0 aliphatic heterocycles. The third-order valence-corrected chi connectivity index (χ3v) is 2.13. The summed E-state index contributed by atoms with van der Waals surface area (Å²) in [5.41, 5.74) is 10.5. The Morgan fingerprint density at radius 2 is 1.53 bits per heavy atom. The van der Waals surface area contributed by atoms with Crippen LogP contribution in [0.3, 0.4) is 0 Å². The standard InChI is InChI=1S/C8H8Cl2.C2H6.CH6N2/c1-2-6-3-4-7(9)8(10)5-6;1-2;2-1-3/h3-5H,2H2,1H3;1-2H3;1-3H2. The Morgan fingerprint density at radius 3 is 1.87 bits per heavy atom. The Labute approximate surface area is 103 Å². The number of hydrogen-bond acceptors (Lipinski definition) is 2. The third-order valence-electron chi connectivity index (χ3n) is 1.39. The van der Waals surface area contributed by atoms with Gasteiger partial charge in [0.05, 0.1) is 10.0 Å². The highest BCUT2D eigenvalue weighted by atomic mass is 35.5. The molecule has 0 saturated heterocycles. The summed E-state index contributed by atoms with van der Waals surface area (Å²) in [5.74, 6) is 0. The minimum Gasteiger partial charge on any atom is -0.319 e. The van der Waals surface area contributed by atoms with Crippen molar-refractivity contribution in [2.75, 3.05) is 6.67 Å². The Morgan fingerprint density at radius 1 is 1.07 bits per heavy atom. The highest BCUT2D eigenvalue weighted by molar-refractivity contribution is 6.41. The first-order chi connectivity index (χ1) is 7.15. The van der Waals surface area contributed by atoms with Crippen molar-refractivity contribution >= 4 is 23.2 Å². The lowest BCUT2D eigenvalue weighted by atomic mass is 10.2. The molecule has 88 valence electrons. The van der Waals surface area contributed by atoms with Crippen molar-refractivity contribution in [2.24, 2.45) is 11.5 Å². The minimum atomic E-state index is 0.250. The van der Waals surface area contributed by atoms with E-state index < -0.39 is 0 Å². The molecule has 0 amide bonds. The average molecular weight is 251 g/mol. The summed E-state index contributed by atoms with van der Waals surface area (Å²) < 4.78 is 0. The summed E-state index contributed by atoms with van der Waals surface area (Å²) >= 11 is 11.5. The maximum absolute atomic E-state index is 5.76. The summed E-state index contributed by atoms with van der Waals surface area (Å²) in [6, 6.07) is 5.70. The van der Waals surface area contributed by atoms with Gasteiger partial charge in [-0.05, 0) is 24.1 Å². The van der Waals surface area contributed by atoms with E-state index in [4.69, 9.17) is 23.2 Å². The maximum Gasteiger partial charge on any atom is 0.0595 e. The molecule has 4 N–H and O–H groups in total. The first-order valence-corrected chi connectivity index (χ1v) is 5.75. The van der Waals surface area contributed by atoms with Crippen LogP contribution in [-0.4, -0.2) is 6.67 Å². The molecule has 0 bridgehead atoms. The average Bonchev–Trinajstić information content (AvgIpc) is 2.26. The van der Waals surface area contributed by atoms with Crippen molar-refractivity contribution in [2.45, 2.75) is 27.2 Å². The van der Waals surface area contributed by atoms with Gasteiger partial charge in [0.2, 0.25) is 0 Å². The van der Waals surface area contributed by atoms with Gasteiger partial charge in [-0.2, -0.15) is 0 Å². The maximum atomic E-state index is 5.76. The third kappa shape index (κ3) is 8.70. The van der Waals surface area contributed by atoms with Gasteiger partial charge in [0.25, 0.3) is 0 Å². The highest BCUT2D eigenvalue weighted by Gasteiger charge is 1.96. The molecule has 1 aromatic carbocycles. The second kappa shape index (κ2) is 11.8. The van der Waals surface area contributed by atoms with Crippen LogP contribution >= 0.6 is 23.2 Å². The molecule has 4 heteroatoms. The number of benzene rings is 1. The largest absolute Gasteiger partial charge is 0.319 e. The van der Waals surface area contributed by atoms with Gasteiger partial charge in [-0.25, -0.2) is 0 Å². The van der Waals surface area contributed by atoms with Gasteiger partial charge in [-0.3, -0.25) is 0 Å². The zero-order valence-electron chi connectivity index (χ0n) is 9.56. The predicted octanol–water partition coefficient (Wildman–Crippen LogP) is 3.44. The molecule has 2 nitrogen and oxygen atoms in total. The summed E-state index contributed by atoms with van der Waals surface area (Å²) in [7, 11) is 0. The van der Waals surface area contributed by atoms with Gasteiger partial charge in [0.1, 0.15) is 0 Å². The van der Waals surface area contributed by atoms with Crippen LogP contribution in [0.1, 0.15) is 26.3 Å². The molecule has 15 heavy (non-hydrogen) atoms. The van der Waals surface area contributed by atoms with Crippen molar-refractivity contribution in [1.82, 2.24) is 0 Å². The fraction of sp³-hybridized carbons (Fsp3) is 0.455. The molecule has 0 fully saturated rings. The summed E-state index contributed by atoms with van der Waals surface area (Å²) in [6.45, 7) is 6.33. The highest BCUT2D eigenvalue weighted by Crippen LogP contribution is 2.22. The van der Waals surface area contributed by atoms with Crippen LogP contribution in [0.5, 0.6) is 0 Å². The molecule has 0 aliphatic carbocycles. The summed E-state index contributed by atoms with van der Waals surface area (Å²) in [4.78, 5) is 0. The van der Waals surface area contributed by atoms with Crippen LogP contribution in [0.15, 0.2) is 18.2 Å². The van der Waals surface area contributed by atoms with E-state index in [1.165, 1.54) is 5.56 Å². The zero-order chi connectivity index (χ0) is 12.3. The van der Waals surface area contributed by atoms with Crippen molar-refractivity contribution < 1.29 is 0 Å². The minimum absolute atomic E-state index is 0.250. The monoisotopic (exact) mass is 250 g/mol. The van der Waals surface area contributed by atoms with Gasteiger partial charge in [0, 0.05) is 6.67 Å². The molecule has 0 aromatic heterocycles. The van der Waals surface area contributed by atoms with Crippen LogP contribution in [0.4, 0.5) is 0 Å². The summed E-state index contributed by atoms with van der Waals surface area (Å²) in [5, 5.41) is 1.26. The fourth-order valence-corrected chi connectivity index (χ4v) is 1.08. The first-order valence-electron chi connectivity index (χ1n) is 4.99. The molecule has 0 heterocycles. The normalized spacial score (nSPS) is 8.20. The number of hydrogen-bond donors (Lipinski definition) is 2. The van der Waals surface area contributed by atoms with Crippen LogP contribution in [0.25, 0.3) is 0 Å². The predicted molar refractivity (Wildman–Crippen MR) is 70.4 cm³/mol. The van der Waals surface area contributed by atoms with E-state index in [0.29, 0.717) is 10.0 Å². The number of nitrogens with two attached hydrogens (primary N) is 2. The molecule has 0 radical (unpaired) electrons. The Kier molecular flexibility index (Phi) is 13.5. The van der Waals surface area contributed by atoms with Crippen LogP contribution in [-0.2, 0) is 6.42 Å². The second-order valence-corrected chi connectivity index (χ2v) is 3.15. The molecular formula is C11H20Cl2N2. The molecule has 1 rings (SSSR count). The molecule has 0 atom stereocenters. The van der Waals surface area contributed by atoms with Crippen molar-refractivity contribution in [3.63, 3.8) is 0 Å². The molecule has 1 aromatic rings. The van der Waals surface area contributed by atoms with E-state index in [-0.39, 0.29) is 6.67 Å². The first kappa shape index (κ1) is 17.1. The van der Waals surface area contributed by atoms with Gasteiger partial charge >= 0.3 is 0 Å².